The third kappa shape index (κ3) is 3.67. The molecule has 0 saturated carbocycles. The summed E-state index contributed by atoms with van der Waals surface area (Å²) in [5.41, 5.74) is 4.13. The number of aliphatic hydroxyl groups is 1. The maximum atomic E-state index is 11.8. The van der Waals surface area contributed by atoms with E-state index in [2.05, 4.69) is 29.2 Å². The molecule has 0 unspecified atom stereocenters. The first kappa shape index (κ1) is 17.5. The van der Waals surface area contributed by atoms with Crippen molar-refractivity contribution in [1.29, 1.82) is 0 Å². The molecule has 3 heteroatoms. The highest BCUT2D eigenvalue weighted by atomic mass is 16.3. The number of benzene rings is 3. The zero-order valence-electron chi connectivity index (χ0n) is 14.9. The predicted molar refractivity (Wildman–Crippen MR) is 107 cm³/mol. The Morgan fingerprint density at radius 1 is 0.692 bits per heavy atom. The Kier molecular flexibility index (Phi) is 5.18. The van der Waals surface area contributed by atoms with Crippen LogP contribution in [0.5, 0.6) is 0 Å². The van der Waals surface area contributed by atoms with Gasteiger partial charge in [0.2, 0.25) is 0 Å². The molecule has 0 bridgehead atoms. The fourth-order valence-electron chi connectivity index (χ4n) is 3.05. The molecule has 130 valence electrons. The predicted octanol–water partition coefficient (Wildman–Crippen LogP) is 6.03. The number of allylic oxidation sites excluding steroid dienone is 2. The molecule has 3 nitrogen and oxygen atoms in total. The Labute approximate surface area is 153 Å². The molecule has 0 aliphatic heterocycles. The molecular formula is C23H21NO2. The van der Waals surface area contributed by atoms with Crippen molar-refractivity contribution in [3.05, 3.63) is 96.3 Å². The van der Waals surface area contributed by atoms with Crippen molar-refractivity contribution < 1.29 is 9.90 Å². The van der Waals surface area contributed by atoms with E-state index in [-0.39, 0.29) is 11.5 Å². The van der Waals surface area contributed by atoms with E-state index in [0.717, 1.165) is 17.1 Å². The zero-order valence-corrected chi connectivity index (χ0v) is 14.9. The van der Waals surface area contributed by atoms with Gasteiger partial charge in [0.15, 0.2) is 5.78 Å². The van der Waals surface area contributed by atoms with Crippen molar-refractivity contribution in [1.82, 2.24) is 0 Å². The van der Waals surface area contributed by atoms with Crippen molar-refractivity contribution in [2.24, 2.45) is 0 Å². The van der Waals surface area contributed by atoms with E-state index >= 15 is 0 Å². The smallest absolute Gasteiger partial charge is 0.163 e. The van der Waals surface area contributed by atoms with Crippen molar-refractivity contribution in [2.45, 2.75) is 13.8 Å². The topological polar surface area (TPSA) is 40.5 Å². The van der Waals surface area contributed by atoms with E-state index in [0.29, 0.717) is 11.1 Å². The maximum absolute atomic E-state index is 11.8. The van der Waals surface area contributed by atoms with Gasteiger partial charge in [-0.05, 0) is 55.8 Å². The summed E-state index contributed by atoms with van der Waals surface area (Å²) < 4.78 is 0. The van der Waals surface area contributed by atoms with Crippen LogP contribution in [0.4, 0.5) is 17.1 Å². The van der Waals surface area contributed by atoms with E-state index in [1.807, 2.05) is 60.7 Å². The minimum Gasteiger partial charge on any atom is -0.512 e. The second-order valence-corrected chi connectivity index (χ2v) is 6.07. The van der Waals surface area contributed by atoms with Crippen molar-refractivity contribution in [3.63, 3.8) is 0 Å². The average Bonchev–Trinajstić information content (AvgIpc) is 2.64. The molecule has 26 heavy (non-hydrogen) atoms. The first-order valence-electron chi connectivity index (χ1n) is 8.49. The van der Waals surface area contributed by atoms with E-state index in [9.17, 15) is 9.90 Å². The number of hydrogen-bond donors (Lipinski definition) is 1. The zero-order chi connectivity index (χ0) is 18.5. The molecule has 0 heterocycles. The van der Waals surface area contributed by atoms with Crippen LogP contribution in [-0.4, -0.2) is 10.9 Å². The summed E-state index contributed by atoms with van der Waals surface area (Å²) in [6, 6.07) is 27.9. The molecule has 0 aliphatic rings. The number of anilines is 3. The summed E-state index contributed by atoms with van der Waals surface area (Å²) in [4.78, 5) is 14.0. The van der Waals surface area contributed by atoms with Gasteiger partial charge in [0.05, 0.1) is 5.57 Å². The second kappa shape index (κ2) is 7.70. The normalized spacial score (nSPS) is 11.6. The number of para-hydroxylation sites is 2. The molecule has 3 rings (SSSR count). The average molecular weight is 343 g/mol. The number of carbonyl (C=O) groups excluding carboxylic acids is 1. The number of ketones is 1. The third-order valence-electron chi connectivity index (χ3n) is 4.16. The SMILES string of the molecule is CC(=O)/C(=C(/C)O)c1ccc(N(c2ccccc2)c2ccccc2)cc1. The van der Waals surface area contributed by atoms with Gasteiger partial charge >= 0.3 is 0 Å². The molecule has 3 aromatic carbocycles. The van der Waals surface area contributed by atoms with Crippen LogP contribution in [0, 0.1) is 0 Å². The molecule has 0 aromatic heterocycles. The van der Waals surface area contributed by atoms with Crippen LogP contribution in [0.15, 0.2) is 90.7 Å². The number of hydrogen-bond acceptors (Lipinski definition) is 3. The van der Waals surface area contributed by atoms with Crippen LogP contribution in [0.25, 0.3) is 5.57 Å². The van der Waals surface area contributed by atoms with Gasteiger partial charge in [-0.15, -0.1) is 0 Å². The number of aliphatic hydroxyl groups excluding tert-OH is 1. The van der Waals surface area contributed by atoms with Crippen LogP contribution < -0.4 is 4.90 Å². The molecule has 0 fully saturated rings. The summed E-state index contributed by atoms with van der Waals surface area (Å²) in [7, 11) is 0. The first-order chi connectivity index (χ1) is 12.6. The molecule has 0 spiro atoms. The highest BCUT2D eigenvalue weighted by Gasteiger charge is 2.14. The molecule has 3 aromatic rings. The van der Waals surface area contributed by atoms with E-state index in [1.54, 1.807) is 0 Å². The molecule has 0 atom stereocenters. The fraction of sp³-hybridized carbons (Fsp3) is 0.0870. The Balaban J connectivity index is 2.06. The standard InChI is InChI=1S/C23H21NO2/c1-17(25)23(18(2)26)19-13-15-22(16-14-19)24(20-9-5-3-6-10-20)21-11-7-4-8-12-21/h3-16,25H,1-2H3/b23-17+. The molecular weight excluding hydrogens is 322 g/mol. The van der Waals surface area contributed by atoms with Gasteiger partial charge in [-0.3, -0.25) is 4.79 Å². The van der Waals surface area contributed by atoms with Crippen molar-refractivity contribution in [3.8, 4) is 0 Å². The van der Waals surface area contributed by atoms with Crippen LogP contribution in [0.1, 0.15) is 19.4 Å². The van der Waals surface area contributed by atoms with Gasteiger partial charge in [-0.2, -0.15) is 0 Å². The van der Waals surface area contributed by atoms with Gasteiger partial charge in [0.1, 0.15) is 5.76 Å². The monoisotopic (exact) mass is 343 g/mol. The minimum atomic E-state index is -0.152. The van der Waals surface area contributed by atoms with Crippen LogP contribution in [0.2, 0.25) is 0 Å². The second-order valence-electron chi connectivity index (χ2n) is 6.07. The molecule has 0 radical (unpaired) electrons. The third-order valence-corrected chi connectivity index (χ3v) is 4.16. The van der Waals surface area contributed by atoms with Gasteiger partial charge in [0.25, 0.3) is 0 Å². The fourth-order valence-corrected chi connectivity index (χ4v) is 3.05. The largest absolute Gasteiger partial charge is 0.512 e. The first-order valence-corrected chi connectivity index (χ1v) is 8.49. The van der Waals surface area contributed by atoms with E-state index in [4.69, 9.17) is 0 Å². The van der Waals surface area contributed by atoms with Crippen molar-refractivity contribution in [2.75, 3.05) is 4.90 Å². The number of carbonyl (C=O) groups is 1. The number of rotatable bonds is 5. The van der Waals surface area contributed by atoms with Crippen LogP contribution in [-0.2, 0) is 4.79 Å². The highest BCUT2D eigenvalue weighted by molar-refractivity contribution is 6.20. The number of Topliss-reactive ketones (excluding diaryl/α,β-unsaturated/α-hetero) is 1. The summed E-state index contributed by atoms with van der Waals surface area (Å²) in [6.45, 7) is 2.99. The Hall–Kier alpha value is -3.33. The van der Waals surface area contributed by atoms with Crippen molar-refractivity contribution >= 4 is 28.4 Å². The van der Waals surface area contributed by atoms with Gasteiger partial charge in [0, 0.05) is 17.1 Å². The lowest BCUT2D eigenvalue weighted by Crippen LogP contribution is -2.09. The minimum absolute atomic E-state index is 0.0354. The lowest BCUT2D eigenvalue weighted by Gasteiger charge is -2.25. The number of nitrogens with zero attached hydrogens (tertiary/aromatic N) is 1. The Morgan fingerprint density at radius 2 is 1.12 bits per heavy atom. The van der Waals surface area contributed by atoms with Gasteiger partial charge in [-0.1, -0.05) is 48.5 Å². The summed E-state index contributed by atoms with van der Waals surface area (Å²) in [6.07, 6.45) is 0. The van der Waals surface area contributed by atoms with Gasteiger partial charge < -0.3 is 10.0 Å². The lowest BCUT2D eigenvalue weighted by molar-refractivity contribution is -0.111. The maximum Gasteiger partial charge on any atom is 0.163 e. The van der Waals surface area contributed by atoms with Gasteiger partial charge in [-0.25, -0.2) is 0 Å². The molecule has 0 aliphatic carbocycles. The molecule has 0 amide bonds. The highest BCUT2D eigenvalue weighted by Crippen LogP contribution is 2.34. The molecule has 0 saturated heterocycles. The summed E-state index contributed by atoms with van der Waals surface area (Å²) in [5, 5.41) is 9.82. The van der Waals surface area contributed by atoms with E-state index in [1.165, 1.54) is 13.8 Å². The summed E-state index contributed by atoms with van der Waals surface area (Å²) in [5.74, 6) is -0.117. The lowest BCUT2D eigenvalue weighted by atomic mass is 10.0. The summed E-state index contributed by atoms with van der Waals surface area (Å²) >= 11 is 0. The Morgan fingerprint density at radius 3 is 1.50 bits per heavy atom. The quantitative estimate of drug-likeness (QED) is 0.454. The Bertz CT molecular complexity index is 870. The van der Waals surface area contributed by atoms with Crippen LogP contribution >= 0.6 is 0 Å². The molecule has 1 N–H and O–H groups in total. The van der Waals surface area contributed by atoms with Crippen LogP contribution in [0.3, 0.4) is 0 Å². The van der Waals surface area contributed by atoms with E-state index < -0.39 is 0 Å².